The molecule has 1 heterocycles. The van der Waals surface area contributed by atoms with Crippen LogP contribution in [-0.4, -0.2) is 22.2 Å². The summed E-state index contributed by atoms with van der Waals surface area (Å²) in [6.45, 7) is 3.90. The molecule has 4 nitrogen and oxygen atoms in total. The van der Waals surface area contributed by atoms with Crippen LogP contribution in [0, 0.1) is 6.92 Å². The van der Waals surface area contributed by atoms with Crippen LogP contribution in [0.3, 0.4) is 0 Å². The van der Waals surface area contributed by atoms with Crippen molar-refractivity contribution >= 4 is 0 Å². The normalized spacial score (nSPS) is 13.0. The summed E-state index contributed by atoms with van der Waals surface area (Å²) < 4.78 is 0. The lowest BCUT2D eigenvalue weighted by molar-refractivity contribution is 0.593. The fourth-order valence-electron chi connectivity index (χ4n) is 0.716. The number of aryl methyl sites for hydroxylation is 1. The van der Waals surface area contributed by atoms with Gasteiger partial charge in [-0.05, 0) is 20.9 Å². The van der Waals surface area contributed by atoms with Gasteiger partial charge in [0.05, 0.1) is 17.9 Å². The Labute approximate surface area is 66.1 Å². The SMILES string of the molecule is CNC(C)c1nncc(C)n1. The van der Waals surface area contributed by atoms with Crippen LogP contribution in [0.1, 0.15) is 24.5 Å². The Balaban J connectivity index is 2.86. The molecule has 0 fully saturated rings. The average Bonchev–Trinajstić information content (AvgIpc) is 2.03. The molecule has 1 aromatic rings. The first-order valence-electron chi connectivity index (χ1n) is 3.57. The lowest BCUT2D eigenvalue weighted by Crippen LogP contribution is -2.16. The van der Waals surface area contributed by atoms with Gasteiger partial charge in [0.25, 0.3) is 0 Å². The summed E-state index contributed by atoms with van der Waals surface area (Å²) in [6.07, 6.45) is 1.64. The van der Waals surface area contributed by atoms with Crippen LogP contribution in [-0.2, 0) is 0 Å². The van der Waals surface area contributed by atoms with Crippen molar-refractivity contribution in [3.8, 4) is 0 Å². The molecule has 1 unspecified atom stereocenters. The largest absolute Gasteiger partial charge is 0.311 e. The van der Waals surface area contributed by atoms with Gasteiger partial charge in [0.15, 0.2) is 5.82 Å². The van der Waals surface area contributed by atoms with E-state index in [0.717, 1.165) is 11.5 Å². The third-order valence-corrected chi connectivity index (χ3v) is 1.52. The van der Waals surface area contributed by atoms with Crippen molar-refractivity contribution in [2.45, 2.75) is 19.9 Å². The van der Waals surface area contributed by atoms with E-state index in [4.69, 9.17) is 0 Å². The van der Waals surface area contributed by atoms with Gasteiger partial charge in [0.1, 0.15) is 0 Å². The Morgan fingerprint density at radius 2 is 2.27 bits per heavy atom. The first-order valence-corrected chi connectivity index (χ1v) is 3.57. The van der Waals surface area contributed by atoms with E-state index < -0.39 is 0 Å². The van der Waals surface area contributed by atoms with Crippen molar-refractivity contribution in [2.75, 3.05) is 7.05 Å². The number of rotatable bonds is 2. The molecule has 1 N–H and O–H groups in total. The van der Waals surface area contributed by atoms with E-state index in [-0.39, 0.29) is 6.04 Å². The van der Waals surface area contributed by atoms with Crippen molar-refractivity contribution in [1.29, 1.82) is 0 Å². The van der Waals surface area contributed by atoms with Gasteiger partial charge in [0.2, 0.25) is 0 Å². The number of nitrogens with zero attached hydrogens (tertiary/aromatic N) is 3. The van der Waals surface area contributed by atoms with Crippen molar-refractivity contribution in [1.82, 2.24) is 20.5 Å². The first kappa shape index (κ1) is 8.07. The zero-order valence-electron chi connectivity index (χ0n) is 7.00. The predicted molar refractivity (Wildman–Crippen MR) is 42.0 cm³/mol. The van der Waals surface area contributed by atoms with Gasteiger partial charge in [-0.3, -0.25) is 0 Å². The molecule has 0 saturated carbocycles. The van der Waals surface area contributed by atoms with Gasteiger partial charge in [-0.2, -0.15) is 5.10 Å². The molecule has 0 spiro atoms. The maximum Gasteiger partial charge on any atom is 0.167 e. The van der Waals surface area contributed by atoms with E-state index in [0.29, 0.717) is 0 Å². The molecular formula is C7H12N4. The van der Waals surface area contributed by atoms with Crippen LogP contribution >= 0.6 is 0 Å². The number of nitrogens with one attached hydrogen (secondary N) is 1. The second kappa shape index (κ2) is 3.39. The molecule has 60 valence electrons. The zero-order valence-corrected chi connectivity index (χ0v) is 7.00. The van der Waals surface area contributed by atoms with Crippen molar-refractivity contribution in [2.24, 2.45) is 0 Å². The monoisotopic (exact) mass is 152 g/mol. The van der Waals surface area contributed by atoms with Crippen molar-refractivity contribution in [3.63, 3.8) is 0 Å². The van der Waals surface area contributed by atoms with E-state index >= 15 is 0 Å². The topological polar surface area (TPSA) is 50.7 Å². The highest BCUT2D eigenvalue weighted by Crippen LogP contribution is 2.02. The van der Waals surface area contributed by atoms with Crippen LogP contribution < -0.4 is 5.32 Å². The summed E-state index contributed by atoms with van der Waals surface area (Å²) in [7, 11) is 1.87. The molecule has 1 atom stereocenters. The van der Waals surface area contributed by atoms with Crippen LogP contribution in [0.4, 0.5) is 0 Å². The summed E-state index contributed by atoms with van der Waals surface area (Å²) in [5, 5.41) is 10.7. The molecule has 0 saturated heterocycles. The van der Waals surface area contributed by atoms with Crippen LogP contribution in [0.25, 0.3) is 0 Å². The standard InChI is InChI=1S/C7H12N4/c1-5-4-9-11-7(10-5)6(2)8-3/h4,6,8H,1-3H3. The maximum atomic E-state index is 4.21. The van der Waals surface area contributed by atoms with Gasteiger partial charge in [0, 0.05) is 0 Å². The fraction of sp³-hybridized carbons (Fsp3) is 0.571. The van der Waals surface area contributed by atoms with E-state index in [1.54, 1.807) is 6.20 Å². The van der Waals surface area contributed by atoms with Gasteiger partial charge in [-0.25, -0.2) is 4.98 Å². The molecule has 0 aliphatic heterocycles. The first-order chi connectivity index (χ1) is 5.24. The smallest absolute Gasteiger partial charge is 0.167 e. The molecule has 1 aromatic heterocycles. The van der Waals surface area contributed by atoms with E-state index in [1.165, 1.54) is 0 Å². The lowest BCUT2D eigenvalue weighted by Gasteiger charge is -2.06. The molecule has 11 heavy (non-hydrogen) atoms. The van der Waals surface area contributed by atoms with E-state index in [1.807, 2.05) is 20.9 Å². The lowest BCUT2D eigenvalue weighted by atomic mass is 10.3. The second-order valence-electron chi connectivity index (χ2n) is 2.47. The number of aromatic nitrogens is 3. The highest BCUT2D eigenvalue weighted by atomic mass is 15.2. The minimum Gasteiger partial charge on any atom is -0.311 e. The highest BCUT2D eigenvalue weighted by Gasteiger charge is 2.04. The van der Waals surface area contributed by atoms with Gasteiger partial charge >= 0.3 is 0 Å². The van der Waals surface area contributed by atoms with E-state index in [2.05, 4.69) is 20.5 Å². The summed E-state index contributed by atoms with van der Waals surface area (Å²) in [5.41, 5.74) is 0.900. The third-order valence-electron chi connectivity index (χ3n) is 1.52. The Morgan fingerprint density at radius 3 is 2.82 bits per heavy atom. The van der Waals surface area contributed by atoms with E-state index in [9.17, 15) is 0 Å². The molecular weight excluding hydrogens is 140 g/mol. The summed E-state index contributed by atoms with van der Waals surface area (Å²) in [6, 6.07) is 0.169. The van der Waals surface area contributed by atoms with Crippen LogP contribution in [0.2, 0.25) is 0 Å². The summed E-state index contributed by atoms with van der Waals surface area (Å²) >= 11 is 0. The minimum atomic E-state index is 0.169. The van der Waals surface area contributed by atoms with Crippen molar-refractivity contribution in [3.05, 3.63) is 17.7 Å². The quantitative estimate of drug-likeness (QED) is 0.669. The Hall–Kier alpha value is -1.03. The van der Waals surface area contributed by atoms with Gasteiger partial charge < -0.3 is 5.32 Å². The number of hydrogen-bond donors (Lipinski definition) is 1. The third kappa shape index (κ3) is 1.94. The molecule has 0 aliphatic rings. The Bertz CT molecular complexity index is 236. The maximum absolute atomic E-state index is 4.21. The van der Waals surface area contributed by atoms with Crippen LogP contribution in [0.15, 0.2) is 6.20 Å². The predicted octanol–water partition coefficient (Wildman–Crippen LogP) is 0.460. The molecule has 0 aromatic carbocycles. The van der Waals surface area contributed by atoms with Gasteiger partial charge in [-0.15, -0.1) is 5.10 Å². The van der Waals surface area contributed by atoms with Crippen LogP contribution in [0.5, 0.6) is 0 Å². The molecule has 4 heteroatoms. The number of hydrogen-bond acceptors (Lipinski definition) is 4. The molecule has 0 radical (unpaired) electrons. The molecule has 0 aliphatic carbocycles. The summed E-state index contributed by atoms with van der Waals surface area (Å²) in [5.74, 6) is 0.743. The van der Waals surface area contributed by atoms with Crippen molar-refractivity contribution < 1.29 is 0 Å². The average molecular weight is 152 g/mol. The highest BCUT2D eigenvalue weighted by molar-refractivity contribution is 4.96. The zero-order chi connectivity index (χ0) is 8.27. The fourth-order valence-corrected chi connectivity index (χ4v) is 0.716. The summed E-state index contributed by atoms with van der Waals surface area (Å²) in [4.78, 5) is 4.21. The second-order valence-corrected chi connectivity index (χ2v) is 2.47. The van der Waals surface area contributed by atoms with Gasteiger partial charge in [-0.1, -0.05) is 0 Å². The Morgan fingerprint density at radius 1 is 1.55 bits per heavy atom. The minimum absolute atomic E-state index is 0.169. The molecule has 0 amide bonds. The Kier molecular flexibility index (Phi) is 2.48. The molecule has 0 bridgehead atoms. The molecule has 1 rings (SSSR count).